The standard InChI is InChI=1S/C12H19NO3S2/c14-8-11-7-12(9-17-11)18(15,16)13-10-5-3-1-2-4-6-10/h7,9-10,13-14H,1-6,8H2. The minimum absolute atomic E-state index is 0.0648. The van der Waals surface area contributed by atoms with Crippen LogP contribution in [0.4, 0.5) is 0 Å². The number of hydrogen-bond donors (Lipinski definition) is 2. The molecule has 1 fully saturated rings. The molecule has 18 heavy (non-hydrogen) atoms. The van der Waals surface area contributed by atoms with Crippen LogP contribution in [0.1, 0.15) is 43.4 Å². The molecule has 102 valence electrons. The van der Waals surface area contributed by atoms with Crippen LogP contribution in [0.25, 0.3) is 0 Å². The van der Waals surface area contributed by atoms with Gasteiger partial charge in [-0.2, -0.15) is 0 Å². The lowest BCUT2D eigenvalue weighted by molar-refractivity contribution is 0.285. The number of aliphatic hydroxyl groups excluding tert-OH is 1. The highest BCUT2D eigenvalue weighted by atomic mass is 32.2. The third-order valence-electron chi connectivity index (χ3n) is 3.27. The van der Waals surface area contributed by atoms with E-state index >= 15 is 0 Å². The van der Waals surface area contributed by atoms with Crippen LogP contribution in [0.15, 0.2) is 16.3 Å². The normalized spacial score (nSPS) is 18.7. The highest BCUT2D eigenvalue weighted by Crippen LogP contribution is 2.22. The summed E-state index contributed by atoms with van der Waals surface area (Å²) in [6, 6.07) is 1.61. The van der Waals surface area contributed by atoms with E-state index in [1.165, 1.54) is 24.2 Å². The summed E-state index contributed by atoms with van der Waals surface area (Å²) in [6.07, 6.45) is 6.44. The van der Waals surface area contributed by atoms with E-state index in [4.69, 9.17) is 5.11 Å². The first-order valence-electron chi connectivity index (χ1n) is 6.32. The van der Waals surface area contributed by atoms with Crippen molar-refractivity contribution < 1.29 is 13.5 Å². The molecule has 0 spiro atoms. The largest absolute Gasteiger partial charge is 0.391 e. The Hall–Kier alpha value is -0.430. The minimum atomic E-state index is -3.42. The summed E-state index contributed by atoms with van der Waals surface area (Å²) in [7, 11) is -3.42. The van der Waals surface area contributed by atoms with Gasteiger partial charge in [-0.15, -0.1) is 11.3 Å². The molecule has 0 unspecified atom stereocenters. The van der Waals surface area contributed by atoms with Crippen LogP contribution in [-0.4, -0.2) is 19.6 Å². The van der Waals surface area contributed by atoms with Crippen molar-refractivity contribution in [1.29, 1.82) is 0 Å². The maximum atomic E-state index is 12.2. The Kier molecular flexibility index (Phi) is 4.77. The molecule has 0 bridgehead atoms. The average Bonchev–Trinajstić information content (AvgIpc) is 2.70. The van der Waals surface area contributed by atoms with Crippen molar-refractivity contribution >= 4 is 21.4 Å². The first-order chi connectivity index (χ1) is 8.62. The van der Waals surface area contributed by atoms with Gasteiger partial charge in [0.1, 0.15) is 0 Å². The molecule has 2 N–H and O–H groups in total. The Balaban J connectivity index is 2.06. The summed E-state index contributed by atoms with van der Waals surface area (Å²) < 4.78 is 27.1. The Morgan fingerprint density at radius 1 is 1.28 bits per heavy atom. The molecule has 6 heteroatoms. The van der Waals surface area contributed by atoms with E-state index in [9.17, 15) is 8.42 Å². The SMILES string of the molecule is O=S(=O)(NC1CCCCCC1)c1csc(CO)c1. The average molecular weight is 289 g/mol. The summed E-state index contributed by atoms with van der Waals surface area (Å²) in [5, 5.41) is 10.6. The summed E-state index contributed by atoms with van der Waals surface area (Å²) in [5.41, 5.74) is 0. The quantitative estimate of drug-likeness (QED) is 0.835. The van der Waals surface area contributed by atoms with Crippen molar-refractivity contribution in [2.45, 2.75) is 56.1 Å². The van der Waals surface area contributed by atoms with Gasteiger partial charge in [-0.05, 0) is 18.9 Å². The van der Waals surface area contributed by atoms with Crippen LogP contribution >= 0.6 is 11.3 Å². The van der Waals surface area contributed by atoms with E-state index in [2.05, 4.69) is 4.72 Å². The number of nitrogens with one attached hydrogen (secondary N) is 1. The van der Waals surface area contributed by atoms with E-state index < -0.39 is 10.0 Å². The Bertz CT molecular complexity index is 473. The van der Waals surface area contributed by atoms with Crippen LogP contribution in [-0.2, 0) is 16.6 Å². The molecule has 2 rings (SSSR count). The Morgan fingerprint density at radius 2 is 1.94 bits per heavy atom. The lowest BCUT2D eigenvalue weighted by Crippen LogP contribution is -2.34. The molecule has 0 radical (unpaired) electrons. The van der Waals surface area contributed by atoms with Crippen LogP contribution in [0, 0.1) is 0 Å². The van der Waals surface area contributed by atoms with Gasteiger partial charge in [-0.3, -0.25) is 0 Å². The number of sulfonamides is 1. The number of rotatable bonds is 4. The highest BCUT2D eigenvalue weighted by Gasteiger charge is 2.22. The molecule has 1 aliphatic carbocycles. The molecule has 0 saturated heterocycles. The maximum absolute atomic E-state index is 12.2. The molecule has 0 amide bonds. The monoisotopic (exact) mass is 289 g/mol. The molecule has 0 aromatic carbocycles. The fraction of sp³-hybridized carbons (Fsp3) is 0.667. The fourth-order valence-corrected chi connectivity index (χ4v) is 4.71. The number of hydrogen-bond acceptors (Lipinski definition) is 4. The van der Waals surface area contributed by atoms with Crippen molar-refractivity contribution in [3.05, 3.63) is 16.3 Å². The van der Waals surface area contributed by atoms with Crippen molar-refractivity contribution in [2.75, 3.05) is 0 Å². The zero-order valence-electron chi connectivity index (χ0n) is 10.3. The van der Waals surface area contributed by atoms with Crippen LogP contribution in [0.5, 0.6) is 0 Å². The number of thiophene rings is 1. The summed E-state index contributed by atoms with van der Waals surface area (Å²) >= 11 is 1.27. The van der Waals surface area contributed by atoms with Crippen LogP contribution in [0.2, 0.25) is 0 Å². The molecule has 4 nitrogen and oxygen atoms in total. The van der Waals surface area contributed by atoms with Crippen molar-refractivity contribution in [3.8, 4) is 0 Å². The third-order valence-corrected chi connectivity index (χ3v) is 5.84. The lowest BCUT2D eigenvalue weighted by atomic mass is 10.1. The van der Waals surface area contributed by atoms with E-state index in [0.29, 0.717) is 4.88 Å². The zero-order valence-corrected chi connectivity index (χ0v) is 11.9. The Labute approximate surface area is 112 Å². The van der Waals surface area contributed by atoms with Crippen LogP contribution in [0.3, 0.4) is 0 Å². The smallest absolute Gasteiger partial charge is 0.241 e. The molecule has 1 saturated carbocycles. The predicted molar refractivity (Wildman–Crippen MR) is 72.1 cm³/mol. The van der Waals surface area contributed by atoms with Gasteiger partial charge < -0.3 is 5.11 Å². The van der Waals surface area contributed by atoms with E-state index in [-0.39, 0.29) is 17.5 Å². The summed E-state index contributed by atoms with van der Waals surface area (Å²) in [6.45, 7) is -0.108. The molecule has 0 atom stereocenters. The van der Waals surface area contributed by atoms with Gasteiger partial charge in [0.2, 0.25) is 10.0 Å². The molecule has 0 aliphatic heterocycles. The second-order valence-corrected chi connectivity index (χ2v) is 7.43. The summed E-state index contributed by atoms with van der Waals surface area (Å²) in [4.78, 5) is 0.956. The third kappa shape index (κ3) is 3.54. The van der Waals surface area contributed by atoms with Gasteiger partial charge in [0.25, 0.3) is 0 Å². The molecular formula is C12H19NO3S2. The predicted octanol–water partition coefficient (Wildman–Crippen LogP) is 2.24. The first kappa shape index (κ1) is 14.0. The highest BCUT2D eigenvalue weighted by molar-refractivity contribution is 7.89. The fourth-order valence-electron chi connectivity index (χ4n) is 2.27. The van der Waals surface area contributed by atoms with Gasteiger partial charge in [0.05, 0.1) is 11.5 Å². The van der Waals surface area contributed by atoms with E-state index in [0.717, 1.165) is 25.7 Å². The summed E-state index contributed by atoms with van der Waals surface area (Å²) in [5.74, 6) is 0. The van der Waals surface area contributed by atoms with Crippen molar-refractivity contribution in [2.24, 2.45) is 0 Å². The van der Waals surface area contributed by atoms with Gasteiger partial charge in [-0.25, -0.2) is 13.1 Å². The second-order valence-electron chi connectivity index (χ2n) is 4.72. The molecule has 1 aliphatic rings. The van der Waals surface area contributed by atoms with E-state index in [1.54, 1.807) is 11.4 Å². The topological polar surface area (TPSA) is 66.4 Å². The molecule has 1 aromatic heterocycles. The van der Waals surface area contributed by atoms with Gasteiger partial charge in [-0.1, -0.05) is 25.7 Å². The van der Waals surface area contributed by atoms with Gasteiger partial charge in [0.15, 0.2) is 0 Å². The van der Waals surface area contributed by atoms with Crippen molar-refractivity contribution in [1.82, 2.24) is 4.72 Å². The lowest BCUT2D eigenvalue weighted by Gasteiger charge is -2.15. The molecule has 1 heterocycles. The Morgan fingerprint density at radius 3 is 2.50 bits per heavy atom. The number of aliphatic hydroxyl groups is 1. The van der Waals surface area contributed by atoms with Gasteiger partial charge in [0, 0.05) is 16.3 Å². The van der Waals surface area contributed by atoms with Crippen molar-refractivity contribution in [3.63, 3.8) is 0 Å². The van der Waals surface area contributed by atoms with Crippen LogP contribution < -0.4 is 4.72 Å². The molecular weight excluding hydrogens is 270 g/mol. The minimum Gasteiger partial charge on any atom is -0.391 e. The maximum Gasteiger partial charge on any atom is 0.241 e. The first-order valence-corrected chi connectivity index (χ1v) is 8.69. The second kappa shape index (κ2) is 6.14. The zero-order chi connectivity index (χ0) is 13.0. The molecule has 1 aromatic rings. The van der Waals surface area contributed by atoms with E-state index in [1.807, 2.05) is 0 Å². The van der Waals surface area contributed by atoms with Gasteiger partial charge >= 0.3 is 0 Å².